The minimum Gasteiger partial charge on any atom is -0.363 e. The summed E-state index contributed by atoms with van der Waals surface area (Å²) < 4.78 is 38.5. The molecule has 0 spiro atoms. The Morgan fingerprint density at radius 3 is 2.27 bits per heavy atom. The molecule has 2 aromatic carbocycles. The summed E-state index contributed by atoms with van der Waals surface area (Å²) in [6, 6.07) is 12.8. The van der Waals surface area contributed by atoms with Crippen LogP contribution in [0.25, 0.3) is 0 Å². The van der Waals surface area contributed by atoms with Crippen LogP contribution in [-0.4, -0.2) is 30.0 Å². The van der Waals surface area contributed by atoms with E-state index >= 15 is 0 Å². The molecule has 3 rings (SSSR count). The normalized spacial score (nSPS) is 11.1. The highest BCUT2D eigenvalue weighted by molar-refractivity contribution is 6.04. The van der Waals surface area contributed by atoms with Gasteiger partial charge in [0.05, 0.1) is 5.56 Å². The maximum atomic E-state index is 12.8. The second-order valence-electron chi connectivity index (χ2n) is 6.79. The number of aromatic nitrogens is 2. The number of alkyl halides is 3. The lowest BCUT2D eigenvalue weighted by atomic mass is 10.1. The van der Waals surface area contributed by atoms with E-state index in [9.17, 15) is 18.0 Å². The van der Waals surface area contributed by atoms with E-state index in [4.69, 9.17) is 0 Å². The van der Waals surface area contributed by atoms with Crippen LogP contribution in [0.5, 0.6) is 0 Å². The van der Waals surface area contributed by atoms with Gasteiger partial charge in [0.15, 0.2) is 0 Å². The first-order chi connectivity index (χ1) is 14.1. The molecule has 6 nitrogen and oxygen atoms in total. The number of rotatable bonds is 5. The SMILES string of the molecule is Cc1nc(Nc2ccc(NC(=O)c3cccc(C(F)(F)F)c3)cc2)cc(N(C)C)n1. The van der Waals surface area contributed by atoms with Gasteiger partial charge in [-0.25, -0.2) is 9.97 Å². The fourth-order valence-electron chi connectivity index (χ4n) is 2.67. The van der Waals surface area contributed by atoms with E-state index in [0.29, 0.717) is 17.3 Å². The predicted molar refractivity (Wildman–Crippen MR) is 110 cm³/mol. The zero-order chi connectivity index (χ0) is 21.9. The highest BCUT2D eigenvalue weighted by atomic mass is 19.4. The molecule has 9 heteroatoms. The van der Waals surface area contributed by atoms with Crippen molar-refractivity contribution in [3.63, 3.8) is 0 Å². The smallest absolute Gasteiger partial charge is 0.363 e. The van der Waals surface area contributed by atoms with Gasteiger partial charge in [0.2, 0.25) is 0 Å². The summed E-state index contributed by atoms with van der Waals surface area (Å²) in [7, 11) is 3.76. The molecular formula is C21H20F3N5O. The van der Waals surface area contributed by atoms with Crippen molar-refractivity contribution >= 4 is 28.9 Å². The molecule has 0 aliphatic heterocycles. The lowest BCUT2D eigenvalue weighted by Crippen LogP contribution is -2.14. The first kappa shape index (κ1) is 21.1. The van der Waals surface area contributed by atoms with Gasteiger partial charge in [-0.2, -0.15) is 13.2 Å². The Morgan fingerprint density at radius 1 is 0.967 bits per heavy atom. The fraction of sp³-hybridized carbons (Fsp3) is 0.190. The van der Waals surface area contributed by atoms with Gasteiger partial charge in [-0.3, -0.25) is 4.79 Å². The third kappa shape index (κ3) is 5.25. The number of hydrogen-bond acceptors (Lipinski definition) is 5. The minimum absolute atomic E-state index is 0.0697. The number of benzene rings is 2. The molecule has 1 amide bonds. The molecule has 0 radical (unpaired) electrons. The van der Waals surface area contributed by atoms with Crippen LogP contribution in [0.1, 0.15) is 21.7 Å². The molecule has 0 saturated carbocycles. The molecule has 0 aliphatic rings. The Bertz CT molecular complexity index is 1050. The topological polar surface area (TPSA) is 70.2 Å². The van der Waals surface area contributed by atoms with Gasteiger partial charge in [0.25, 0.3) is 5.91 Å². The molecule has 0 atom stereocenters. The molecule has 1 heterocycles. The zero-order valence-electron chi connectivity index (χ0n) is 16.6. The van der Waals surface area contributed by atoms with Crippen LogP contribution in [0.2, 0.25) is 0 Å². The largest absolute Gasteiger partial charge is 0.416 e. The van der Waals surface area contributed by atoms with Crippen molar-refractivity contribution in [1.82, 2.24) is 9.97 Å². The van der Waals surface area contributed by atoms with E-state index in [2.05, 4.69) is 20.6 Å². The maximum Gasteiger partial charge on any atom is 0.416 e. The molecule has 30 heavy (non-hydrogen) atoms. The summed E-state index contributed by atoms with van der Waals surface area (Å²) >= 11 is 0. The number of hydrogen-bond donors (Lipinski definition) is 2. The van der Waals surface area contributed by atoms with Gasteiger partial charge in [-0.05, 0) is 49.4 Å². The van der Waals surface area contributed by atoms with Crippen LogP contribution in [-0.2, 0) is 6.18 Å². The molecule has 0 fully saturated rings. The van der Waals surface area contributed by atoms with Crippen molar-refractivity contribution in [1.29, 1.82) is 0 Å². The van der Waals surface area contributed by atoms with E-state index < -0.39 is 17.6 Å². The number of nitrogens with one attached hydrogen (secondary N) is 2. The molecule has 1 aromatic heterocycles. The van der Waals surface area contributed by atoms with Crippen molar-refractivity contribution in [2.45, 2.75) is 13.1 Å². The van der Waals surface area contributed by atoms with Crippen molar-refractivity contribution in [3.05, 3.63) is 71.5 Å². The number of halogens is 3. The average Bonchev–Trinajstić information content (AvgIpc) is 2.68. The van der Waals surface area contributed by atoms with Crippen LogP contribution in [0.4, 0.5) is 36.2 Å². The number of carbonyl (C=O) groups excluding carboxylic acids is 1. The van der Waals surface area contributed by atoms with Crippen molar-refractivity contribution in [2.24, 2.45) is 0 Å². The Labute approximate surface area is 171 Å². The number of amides is 1. The first-order valence-corrected chi connectivity index (χ1v) is 9.00. The summed E-state index contributed by atoms with van der Waals surface area (Å²) in [5.41, 5.74) is 0.248. The standard InChI is InChI=1S/C21H20F3N5O/c1-13-25-18(12-19(26-13)29(2)3)27-16-7-9-17(10-8-16)28-20(30)14-5-4-6-15(11-14)21(22,23)24/h4-12H,1-3H3,(H,28,30)(H,25,26,27). The third-order valence-electron chi connectivity index (χ3n) is 4.15. The lowest BCUT2D eigenvalue weighted by Gasteiger charge is -2.14. The monoisotopic (exact) mass is 415 g/mol. The second kappa shape index (κ2) is 8.40. The average molecular weight is 415 g/mol. The van der Waals surface area contributed by atoms with Crippen LogP contribution < -0.4 is 15.5 Å². The molecule has 0 saturated heterocycles. The third-order valence-corrected chi connectivity index (χ3v) is 4.15. The van der Waals surface area contributed by atoms with Gasteiger partial charge in [0, 0.05) is 37.1 Å². The van der Waals surface area contributed by atoms with Crippen LogP contribution in [0.3, 0.4) is 0 Å². The van der Waals surface area contributed by atoms with Crippen molar-refractivity contribution in [3.8, 4) is 0 Å². The molecule has 2 N–H and O–H groups in total. The van der Waals surface area contributed by atoms with Gasteiger partial charge in [-0.1, -0.05) is 6.07 Å². The number of aryl methyl sites for hydroxylation is 1. The summed E-state index contributed by atoms with van der Waals surface area (Å²) in [5.74, 6) is 1.37. The molecular weight excluding hydrogens is 395 g/mol. The van der Waals surface area contributed by atoms with Gasteiger partial charge in [-0.15, -0.1) is 0 Å². The Kier molecular flexibility index (Phi) is 5.91. The highest BCUT2D eigenvalue weighted by Crippen LogP contribution is 2.29. The molecule has 156 valence electrons. The lowest BCUT2D eigenvalue weighted by molar-refractivity contribution is -0.137. The first-order valence-electron chi connectivity index (χ1n) is 9.00. The fourth-order valence-corrected chi connectivity index (χ4v) is 2.67. The highest BCUT2D eigenvalue weighted by Gasteiger charge is 2.30. The maximum absolute atomic E-state index is 12.8. The van der Waals surface area contributed by atoms with E-state index in [0.717, 1.165) is 23.6 Å². The van der Waals surface area contributed by atoms with E-state index in [1.165, 1.54) is 12.1 Å². The Morgan fingerprint density at radius 2 is 1.63 bits per heavy atom. The van der Waals surface area contributed by atoms with Crippen molar-refractivity contribution in [2.75, 3.05) is 29.6 Å². The minimum atomic E-state index is -4.50. The zero-order valence-corrected chi connectivity index (χ0v) is 16.6. The number of carbonyl (C=O) groups is 1. The predicted octanol–water partition coefficient (Wildman–Crippen LogP) is 4.87. The molecule has 0 unspecified atom stereocenters. The Hall–Kier alpha value is -3.62. The number of nitrogens with zero attached hydrogens (tertiary/aromatic N) is 3. The van der Waals surface area contributed by atoms with Crippen LogP contribution in [0, 0.1) is 6.92 Å². The summed E-state index contributed by atoms with van der Waals surface area (Å²) in [4.78, 5) is 22.8. The Balaban J connectivity index is 1.70. The van der Waals surface area contributed by atoms with E-state index in [1.807, 2.05) is 19.0 Å². The summed E-state index contributed by atoms with van der Waals surface area (Å²) in [6.07, 6.45) is -4.50. The summed E-state index contributed by atoms with van der Waals surface area (Å²) in [6.45, 7) is 1.80. The van der Waals surface area contributed by atoms with E-state index in [-0.39, 0.29) is 5.56 Å². The number of anilines is 4. The van der Waals surface area contributed by atoms with Crippen molar-refractivity contribution < 1.29 is 18.0 Å². The van der Waals surface area contributed by atoms with E-state index in [1.54, 1.807) is 37.3 Å². The van der Waals surface area contributed by atoms with Gasteiger partial charge in [0.1, 0.15) is 17.5 Å². The van der Waals surface area contributed by atoms with Crippen LogP contribution >= 0.6 is 0 Å². The molecule has 0 bridgehead atoms. The summed E-state index contributed by atoms with van der Waals surface area (Å²) in [5, 5.41) is 5.76. The second-order valence-corrected chi connectivity index (χ2v) is 6.79. The van der Waals surface area contributed by atoms with Gasteiger partial charge >= 0.3 is 6.18 Å². The quantitative estimate of drug-likeness (QED) is 0.623. The van der Waals surface area contributed by atoms with Crippen LogP contribution in [0.15, 0.2) is 54.6 Å². The molecule has 0 aliphatic carbocycles. The van der Waals surface area contributed by atoms with Gasteiger partial charge < -0.3 is 15.5 Å². The molecule has 3 aromatic rings.